The molecule has 29 heavy (non-hydrogen) atoms. The first kappa shape index (κ1) is 19.3. The first-order valence-corrected chi connectivity index (χ1v) is 9.86. The van der Waals surface area contributed by atoms with Crippen LogP contribution in [0.15, 0.2) is 42.5 Å². The van der Waals surface area contributed by atoms with E-state index in [2.05, 4.69) is 33.5 Å². The van der Waals surface area contributed by atoms with Gasteiger partial charge in [0.25, 0.3) is 0 Å². The number of benzene rings is 2. The number of H-pyrrole nitrogens is 1. The normalized spacial score (nSPS) is 15.9. The van der Waals surface area contributed by atoms with Gasteiger partial charge in [0, 0.05) is 39.5 Å². The number of hydrogen-bond acceptors (Lipinski definition) is 5. The number of fused-ring (bicyclic) bond motifs is 1. The van der Waals surface area contributed by atoms with Gasteiger partial charge in [-0.3, -0.25) is 4.79 Å². The van der Waals surface area contributed by atoms with Gasteiger partial charge in [0.05, 0.1) is 16.4 Å². The Morgan fingerprint density at radius 3 is 2.59 bits per heavy atom. The van der Waals surface area contributed by atoms with Crippen LogP contribution in [0, 0.1) is 0 Å². The number of imidazole rings is 1. The molecule has 0 radical (unpaired) electrons. The number of rotatable bonds is 6. The van der Waals surface area contributed by atoms with Gasteiger partial charge in [-0.05, 0) is 42.2 Å². The third kappa shape index (κ3) is 3.78. The minimum Gasteiger partial charge on any atom is -0.381 e. The van der Waals surface area contributed by atoms with Gasteiger partial charge in [0.2, 0.25) is 11.9 Å². The van der Waals surface area contributed by atoms with Gasteiger partial charge in [-0.15, -0.1) is 0 Å². The quantitative estimate of drug-likeness (QED) is 0.598. The monoisotopic (exact) mass is 393 g/mol. The fraction of sp³-hybridized carbons (Fsp3) is 0.364. The van der Waals surface area contributed by atoms with Crippen molar-refractivity contribution >= 4 is 28.6 Å². The largest absolute Gasteiger partial charge is 0.381 e. The van der Waals surface area contributed by atoms with E-state index in [-0.39, 0.29) is 5.91 Å². The molecule has 152 valence electrons. The lowest BCUT2D eigenvalue weighted by molar-refractivity contribution is -0.127. The molecule has 0 bridgehead atoms. The van der Waals surface area contributed by atoms with Crippen molar-refractivity contribution in [3.63, 3.8) is 0 Å². The molecule has 1 amide bonds. The predicted molar refractivity (Wildman–Crippen MR) is 115 cm³/mol. The highest BCUT2D eigenvalue weighted by Gasteiger charge is 2.40. The number of carbonyl (C=O) groups is 1. The molecule has 2 heterocycles. The number of amides is 1. The second kappa shape index (κ2) is 7.75. The Morgan fingerprint density at radius 1 is 1.21 bits per heavy atom. The number of nitrogens with one attached hydrogen (secondary N) is 2. The number of aromatic amines is 1. The summed E-state index contributed by atoms with van der Waals surface area (Å²) in [5.41, 5.74) is 10.2. The maximum absolute atomic E-state index is 12.2. The first-order chi connectivity index (χ1) is 14.0. The van der Waals surface area contributed by atoms with Gasteiger partial charge < -0.3 is 25.7 Å². The molecule has 7 heteroatoms. The summed E-state index contributed by atoms with van der Waals surface area (Å²) < 4.78 is 5.43. The van der Waals surface area contributed by atoms with E-state index in [1.54, 1.807) is 0 Å². The number of ether oxygens (including phenoxy) is 1. The maximum atomic E-state index is 12.2. The van der Waals surface area contributed by atoms with Crippen LogP contribution in [0.25, 0.3) is 11.0 Å². The molecule has 0 spiro atoms. The standard InChI is InChI=1S/C22H27N5O2/c1-27(2)21-25-18-8-7-17(13-19(18)26-21)24-14-15-3-5-16(6-4-15)22(20(23)28)9-11-29-12-10-22/h3-8,13,24H,9-12,14H2,1-2H3,(H2,23,28)(H,25,26). The Kier molecular flexibility index (Phi) is 5.15. The molecule has 1 aromatic heterocycles. The summed E-state index contributed by atoms with van der Waals surface area (Å²) >= 11 is 0. The molecule has 7 nitrogen and oxygen atoms in total. The lowest BCUT2D eigenvalue weighted by Crippen LogP contribution is -2.45. The highest BCUT2D eigenvalue weighted by atomic mass is 16.5. The molecule has 1 fully saturated rings. The van der Waals surface area contributed by atoms with Crippen molar-refractivity contribution < 1.29 is 9.53 Å². The lowest BCUT2D eigenvalue weighted by atomic mass is 9.73. The van der Waals surface area contributed by atoms with Crippen molar-refractivity contribution in [2.75, 3.05) is 37.5 Å². The third-order valence-electron chi connectivity index (χ3n) is 5.71. The number of nitrogens with two attached hydrogens (primary N) is 1. The molecule has 4 N–H and O–H groups in total. The Balaban J connectivity index is 1.46. The third-order valence-corrected chi connectivity index (χ3v) is 5.71. The zero-order chi connectivity index (χ0) is 20.4. The van der Waals surface area contributed by atoms with E-state index in [0.717, 1.165) is 33.8 Å². The molecule has 4 rings (SSSR count). The Morgan fingerprint density at radius 2 is 1.93 bits per heavy atom. The fourth-order valence-electron chi connectivity index (χ4n) is 3.86. The fourth-order valence-corrected chi connectivity index (χ4v) is 3.86. The van der Waals surface area contributed by atoms with Gasteiger partial charge in [-0.25, -0.2) is 4.98 Å². The second-order valence-corrected chi connectivity index (χ2v) is 7.80. The van der Waals surface area contributed by atoms with Crippen molar-refractivity contribution in [1.82, 2.24) is 9.97 Å². The molecule has 1 aliphatic heterocycles. The van der Waals surface area contributed by atoms with Gasteiger partial charge in [0.1, 0.15) is 0 Å². The van der Waals surface area contributed by atoms with Gasteiger partial charge in [0.15, 0.2) is 0 Å². The van der Waals surface area contributed by atoms with Crippen LogP contribution >= 0.6 is 0 Å². The Bertz CT molecular complexity index is 1000. The van der Waals surface area contributed by atoms with Crippen LogP contribution in [-0.4, -0.2) is 43.2 Å². The lowest BCUT2D eigenvalue weighted by Gasteiger charge is -2.34. The van der Waals surface area contributed by atoms with Crippen LogP contribution in [0.3, 0.4) is 0 Å². The molecule has 3 aromatic rings. The maximum Gasteiger partial charge on any atom is 0.228 e. The second-order valence-electron chi connectivity index (χ2n) is 7.80. The minimum absolute atomic E-state index is 0.267. The first-order valence-electron chi connectivity index (χ1n) is 9.86. The van der Waals surface area contributed by atoms with E-state index in [1.807, 2.05) is 43.3 Å². The SMILES string of the molecule is CN(C)c1nc2ccc(NCc3ccc(C4(C(N)=O)CCOCC4)cc3)cc2[nH]1. The average Bonchev–Trinajstić information content (AvgIpc) is 3.17. The molecular weight excluding hydrogens is 366 g/mol. The van der Waals surface area contributed by atoms with E-state index in [9.17, 15) is 4.79 Å². The molecule has 0 aliphatic carbocycles. The van der Waals surface area contributed by atoms with Crippen LogP contribution in [0.4, 0.5) is 11.6 Å². The van der Waals surface area contributed by atoms with Crippen LogP contribution < -0.4 is 16.0 Å². The van der Waals surface area contributed by atoms with Crippen LogP contribution in [0.1, 0.15) is 24.0 Å². The number of carbonyl (C=O) groups excluding carboxylic acids is 1. The molecule has 0 atom stereocenters. The highest BCUT2D eigenvalue weighted by molar-refractivity contribution is 5.87. The van der Waals surface area contributed by atoms with Crippen LogP contribution in [-0.2, 0) is 21.5 Å². The molecule has 0 unspecified atom stereocenters. The Hall–Kier alpha value is -3.06. The van der Waals surface area contributed by atoms with E-state index >= 15 is 0 Å². The Labute approximate surface area is 170 Å². The summed E-state index contributed by atoms with van der Waals surface area (Å²) in [6.45, 7) is 1.82. The minimum atomic E-state index is -0.611. The highest BCUT2D eigenvalue weighted by Crippen LogP contribution is 2.34. The van der Waals surface area contributed by atoms with Crippen molar-refractivity contribution in [3.05, 3.63) is 53.6 Å². The van der Waals surface area contributed by atoms with E-state index in [0.29, 0.717) is 32.6 Å². The predicted octanol–water partition coefficient (Wildman–Crippen LogP) is 2.77. The number of nitrogens with zero attached hydrogens (tertiary/aromatic N) is 2. The average molecular weight is 393 g/mol. The molecule has 1 aliphatic rings. The summed E-state index contributed by atoms with van der Waals surface area (Å²) in [6.07, 6.45) is 1.28. The van der Waals surface area contributed by atoms with Crippen molar-refractivity contribution in [2.24, 2.45) is 5.73 Å². The smallest absolute Gasteiger partial charge is 0.228 e. The molecular formula is C22H27N5O2. The summed E-state index contributed by atoms with van der Waals surface area (Å²) in [7, 11) is 3.92. The summed E-state index contributed by atoms with van der Waals surface area (Å²) in [4.78, 5) is 22.0. The molecule has 0 saturated carbocycles. The van der Waals surface area contributed by atoms with E-state index in [1.165, 1.54) is 0 Å². The zero-order valence-electron chi connectivity index (χ0n) is 16.9. The number of hydrogen-bond donors (Lipinski definition) is 3. The number of aromatic nitrogens is 2. The summed E-state index contributed by atoms with van der Waals surface area (Å²) in [6, 6.07) is 14.3. The van der Waals surface area contributed by atoms with Crippen LogP contribution in [0.5, 0.6) is 0 Å². The van der Waals surface area contributed by atoms with Crippen molar-refractivity contribution in [3.8, 4) is 0 Å². The van der Waals surface area contributed by atoms with E-state index < -0.39 is 5.41 Å². The van der Waals surface area contributed by atoms with Gasteiger partial charge in [-0.1, -0.05) is 24.3 Å². The molecule has 1 saturated heterocycles. The number of primary amides is 1. The molecule has 2 aromatic carbocycles. The topological polar surface area (TPSA) is 96.3 Å². The summed E-state index contributed by atoms with van der Waals surface area (Å²) in [5.74, 6) is 0.570. The van der Waals surface area contributed by atoms with E-state index in [4.69, 9.17) is 10.5 Å². The van der Waals surface area contributed by atoms with Gasteiger partial charge in [-0.2, -0.15) is 0 Å². The van der Waals surface area contributed by atoms with Crippen LogP contribution in [0.2, 0.25) is 0 Å². The number of anilines is 2. The zero-order valence-corrected chi connectivity index (χ0v) is 16.9. The summed E-state index contributed by atoms with van der Waals surface area (Å²) in [5, 5.41) is 3.45. The van der Waals surface area contributed by atoms with Crippen molar-refractivity contribution in [2.45, 2.75) is 24.8 Å². The van der Waals surface area contributed by atoms with Gasteiger partial charge >= 0.3 is 0 Å². The van der Waals surface area contributed by atoms with Crippen molar-refractivity contribution in [1.29, 1.82) is 0 Å².